The Balaban J connectivity index is 1.52. The van der Waals surface area contributed by atoms with E-state index in [-0.39, 0.29) is 0 Å². The third-order valence-electron chi connectivity index (χ3n) is 2.75. The molecular formula is C10H19NO. The van der Waals surface area contributed by atoms with Gasteiger partial charge in [0.1, 0.15) is 0 Å². The van der Waals surface area contributed by atoms with E-state index in [9.17, 15) is 0 Å². The summed E-state index contributed by atoms with van der Waals surface area (Å²) >= 11 is 0. The zero-order valence-corrected chi connectivity index (χ0v) is 7.88. The van der Waals surface area contributed by atoms with E-state index in [0.29, 0.717) is 12.2 Å². The minimum atomic E-state index is 0.413. The van der Waals surface area contributed by atoms with E-state index in [1.165, 1.54) is 32.1 Å². The summed E-state index contributed by atoms with van der Waals surface area (Å²) in [4.78, 5) is 0. The first-order chi connectivity index (χ1) is 5.84. The van der Waals surface area contributed by atoms with Crippen LogP contribution >= 0.6 is 0 Å². The molecule has 0 aromatic heterocycles. The largest absolute Gasteiger partial charge is 0.374 e. The van der Waals surface area contributed by atoms with Gasteiger partial charge in [-0.1, -0.05) is 0 Å². The molecule has 0 radical (unpaired) electrons. The van der Waals surface area contributed by atoms with Crippen LogP contribution in [0.5, 0.6) is 0 Å². The summed E-state index contributed by atoms with van der Waals surface area (Å²) in [6.07, 6.45) is 7.68. The van der Waals surface area contributed by atoms with Gasteiger partial charge in [-0.25, -0.2) is 0 Å². The molecule has 1 unspecified atom stereocenters. The van der Waals surface area contributed by atoms with Crippen LogP contribution in [0.1, 0.15) is 39.0 Å². The number of ether oxygens (including phenoxy) is 1. The summed E-state index contributed by atoms with van der Waals surface area (Å²) in [7, 11) is 0. The highest BCUT2D eigenvalue weighted by molar-refractivity contribution is 4.82. The standard InChI is InChI=1S/C10H19NO/c1-8(7-11-9-5-6-9)12-10-3-2-4-10/h8-11H,2-7H2,1H3. The molecule has 2 heteroatoms. The Kier molecular flexibility index (Phi) is 2.66. The third kappa shape index (κ3) is 2.46. The lowest BCUT2D eigenvalue weighted by Gasteiger charge is -2.29. The van der Waals surface area contributed by atoms with Crippen LogP contribution in [0.4, 0.5) is 0 Å². The molecule has 0 heterocycles. The fourth-order valence-corrected chi connectivity index (χ4v) is 1.50. The molecule has 0 aliphatic heterocycles. The minimum absolute atomic E-state index is 0.413. The SMILES string of the molecule is CC(CNC1CC1)OC1CCC1. The fourth-order valence-electron chi connectivity index (χ4n) is 1.50. The molecule has 12 heavy (non-hydrogen) atoms. The fraction of sp³-hybridized carbons (Fsp3) is 1.00. The van der Waals surface area contributed by atoms with Crippen molar-refractivity contribution in [3.05, 3.63) is 0 Å². The Morgan fingerprint density at radius 2 is 2.08 bits per heavy atom. The van der Waals surface area contributed by atoms with Crippen molar-refractivity contribution >= 4 is 0 Å². The van der Waals surface area contributed by atoms with Crippen LogP contribution in [0.25, 0.3) is 0 Å². The smallest absolute Gasteiger partial charge is 0.0675 e. The number of rotatable bonds is 5. The molecule has 2 aliphatic rings. The van der Waals surface area contributed by atoms with Crippen LogP contribution in [-0.2, 0) is 4.74 Å². The molecule has 1 atom stereocenters. The van der Waals surface area contributed by atoms with E-state index < -0.39 is 0 Å². The van der Waals surface area contributed by atoms with Crippen LogP contribution in [0.3, 0.4) is 0 Å². The molecule has 0 saturated heterocycles. The van der Waals surface area contributed by atoms with Crippen molar-refractivity contribution in [2.75, 3.05) is 6.54 Å². The second-order valence-corrected chi connectivity index (χ2v) is 4.18. The van der Waals surface area contributed by atoms with Crippen molar-refractivity contribution in [1.82, 2.24) is 5.32 Å². The summed E-state index contributed by atoms with van der Waals surface area (Å²) < 4.78 is 5.80. The molecule has 2 rings (SSSR count). The molecule has 0 spiro atoms. The second kappa shape index (κ2) is 3.75. The van der Waals surface area contributed by atoms with Crippen LogP contribution in [-0.4, -0.2) is 24.8 Å². The predicted octanol–water partition coefficient (Wildman–Crippen LogP) is 1.70. The molecule has 0 bridgehead atoms. The average molecular weight is 169 g/mol. The third-order valence-corrected chi connectivity index (χ3v) is 2.75. The van der Waals surface area contributed by atoms with Gasteiger partial charge >= 0.3 is 0 Å². The van der Waals surface area contributed by atoms with Gasteiger partial charge in [0, 0.05) is 12.6 Å². The molecule has 0 amide bonds. The van der Waals surface area contributed by atoms with Gasteiger partial charge in [-0.15, -0.1) is 0 Å². The van der Waals surface area contributed by atoms with Crippen molar-refractivity contribution in [1.29, 1.82) is 0 Å². The van der Waals surface area contributed by atoms with Crippen LogP contribution in [0, 0.1) is 0 Å². The van der Waals surface area contributed by atoms with Gasteiger partial charge in [-0.05, 0) is 39.0 Å². The summed E-state index contributed by atoms with van der Waals surface area (Å²) in [6.45, 7) is 3.22. The molecule has 0 aromatic carbocycles. The number of hydrogen-bond donors (Lipinski definition) is 1. The maximum atomic E-state index is 5.80. The van der Waals surface area contributed by atoms with E-state index in [2.05, 4.69) is 12.2 Å². The van der Waals surface area contributed by atoms with Gasteiger partial charge in [-0.2, -0.15) is 0 Å². The minimum Gasteiger partial charge on any atom is -0.374 e. The van der Waals surface area contributed by atoms with Crippen molar-refractivity contribution < 1.29 is 4.74 Å². The van der Waals surface area contributed by atoms with Crippen molar-refractivity contribution in [3.8, 4) is 0 Å². The summed E-state index contributed by atoms with van der Waals surface area (Å²) in [5.41, 5.74) is 0. The molecule has 0 aromatic rings. The Morgan fingerprint density at radius 1 is 1.33 bits per heavy atom. The summed E-state index contributed by atoms with van der Waals surface area (Å²) in [6, 6.07) is 0.817. The number of hydrogen-bond acceptors (Lipinski definition) is 2. The van der Waals surface area contributed by atoms with Gasteiger partial charge in [-0.3, -0.25) is 0 Å². The summed E-state index contributed by atoms with van der Waals surface area (Å²) in [5.74, 6) is 0. The Labute approximate surface area is 74.7 Å². The van der Waals surface area contributed by atoms with E-state index in [0.717, 1.165) is 12.6 Å². The highest BCUT2D eigenvalue weighted by Crippen LogP contribution is 2.23. The first-order valence-corrected chi connectivity index (χ1v) is 5.23. The zero-order valence-electron chi connectivity index (χ0n) is 7.88. The van der Waals surface area contributed by atoms with E-state index in [1.807, 2.05) is 0 Å². The molecule has 2 saturated carbocycles. The summed E-state index contributed by atoms with van der Waals surface area (Å²) in [5, 5.41) is 3.48. The van der Waals surface area contributed by atoms with Crippen molar-refractivity contribution in [3.63, 3.8) is 0 Å². The predicted molar refractivity (Wildman–Crippen MR) is 49.2 cm³/mol. The lowest BCUT2D eigenvalue weighted by molar-refractivity contribution is -0.0419. The van der Waals surface area contributed by atoms with Crippen molar-refractivity contribution in [2.45, 2.75) is 57.3 Å². The Hall–Kier alpha value is -0.0800. The van der Waals surface area contributed by atoms with E-state index in [4.69, 9.17) is 4.74 Å². The number of nitrogens with one attached hydrogen (secondary N) is 1. The van der Waals surface area contributed by atoms with E-state index >= 15 is 0 Å². The topological polar surface area (TPSA) is 21.3 Å². The highest BCUT2D eigenvalue weighted by atomic mass is 16.5. The van der Waals surface area contributed by atoms with Gasteiger partial charge in [0.25, 0.3) is 0 Å². The molecule has 2 nitrogen and oxygen atoms in total. The normalized spacial score (nSPS) is 26.8. The maximum absolute atomic E-state index is 5.80. The Bertz CT molecular complexity index is 141. The Morgan fingerprint density at radius 3 is 2.58 bits per heavy atom. The van der Waals surface area contributed by atoms with Gasteiger partial charge in [0.15, 0.2) is 0 Å². The quantitative estimate of drug-likeness (QED) is 0.676. The zero-order chi connectivity index (χ0) is 8.39. The van der Waals surface area contributed by atoms with Gasteiger partial charge in [0.05, 0.1) is 12.2 Å². The van der Waals surface area contributed by atoms with Gasteiger partial charge < -0.3 is 10.1 Å². The molecule has 1 N–H and O–H groups in total. The second-order valence-electron chi connectivity index (χ2n) is 4.18. The maximum Gasteiger partial charge on any atom is 0.0675 e. The monoisotopic (exact) mass is 169 g/mol. The van der Waals surface area contributed by atoms with Crippen LogP contribution < -0.4 is 5.32 Å². The molecular weight excluding hydrogens is 150 g/mol. The van der Waals surface area contributed by atoms with Crippen molar-refractivity contribution in [2.24, 2.45) is 0 Å². The highest BCUT2D eigenvalue weighted by Gasteiger charge is 2.23. The molecule has 2 aliphatic carbocycles. The van der Waals surface area contributed by atoms with Gasteiger partial charge in [0.2, 0.25) is 0 Å². The average Bonchev–Trinajstić information content (AvgIpc) is 2.76. The molecule has 70 valence electrons. The first kappa shape index (κ1) is 8.52. The van der Waals surface area contributed by atoms with Crippen LogP contribution in [0.15, 0.2) is 0 Å². The lowest BCUT2D eigenvalue weighted by atomic mass is 9.96. The van der Waals surface area contributed by atoms with E-state index in [1.54, 1.807) is 0 Å². The van der Waals surface area contributed by atoms with Crippen LogP contribution in [0.2, 0.25) is 0 Å². The first-order valence-electron chi connectivity index (χ1n) is 5.23. The molecule has 2 fully saturated rings. The lowest BCUT2D eigenvalue weighted by Crippen LogP contribution is -2.34.